The molecule has 2 nitrogen and oxygen atoms in total. The number of hydrogen-bond acceptors (Lipinski definition) is 2. The first-order valence-corrected chi connectivity index (χ1v) is 6.93. The molecule has 0 aliphatic heterocycles. The number of ether oxygens (including phenoxy) is 1. The highest BCUT2D eigenvalue weighted by Crippen LogP contribution is 2.31. The van der Waals surface area contributed by atoms with Crippen LogP contribution in [0.4, 0.5) is 8.78 Å². The van der Waals surface area contributed by atoms with Gasteiger partial charge in [0, 0.05) is 18.2 Å². The predicted molar refractivity (Wildman–Crippen MR) is 77.7 cm³/mol. The minimum atomic E-state index is -0.563. The fourth-order valence-corrected chi connectivity index (χ4v) is 2.40. The highest BCUT2D eigenvalue weighted by Gasteiger charge is 2.09. The van der Waals surface area contributed by atoms with Crippen LogP contribution in [0.15, 0.2) is 34.8 Å². The number of halogens is 4. The minimum Gasteiger partial charge on any atom is -0.488 e. The third-order valence-corrected chi connectivity index (χ3v) is 3.61. The van der Waals surface area contributed by atoms with Gasteiger partial charge in [0.25, 0.3) is 0 Å². The largest absolute Gasteiger partial charge is 0.488 e. The van der Waals surface area contributed by atoms with Crippen LogP contribution in [-0.2, 0) is 13.2 Å². The quantitative estimate of drug-likeness (QED) is 0.817. The van der Waals surface area contributed by atoms with Gasteiger partial charge in [-0.25, -0.2) is 8.78 Å². The molecule has 0 bridgehead atoms. The molecule has 6 heteroatoms. The molecule has 0 fully saturated rings. The summed E-state index contributed by atoms with van der Waals surface area (Å²) in [7, 11) is 0. The van der Waals surface area contributed by atoms with Gasteiger partial charge in [-0.2, -0.15) is 0 Å². The standard InChI is InChI=1S/C14H11BrClF2NO/c15-10-4-11(16)13(18)5-14(10)20-7-8-1-2-12(17)9(3-8)6-19/h1-5H,6-7,19H2. The van der Waals surface area contributed by atoms with E-state index in [1.165, 1.54) is 18.2 Å². The summed E-state index contributed by atoms with van der Waals surface area (Å²) in [6.45, 7) is 0.284. The number of hydrogen-bond donors (Lipinski definition) is 1. The lowest BCUT2D eigenvalue weighted by molar-refractivity contribution is 0.302. The Morgan fingerprint density at radius 2 is 1.90 bits per heavy atom. The molecule has 106 valence electrons. The van der Waals surface area contributed by atoms with Crippen molar-refractivity contribution in [3.8, 4) is 5.75 Å². The van der Waals surface area contributed by atoms with E-state index in [9.17, 15) is 8.78 Å². The topological polar surface area (TPSA) is 35.2 Å². The smallest absolute Gasteiger partial charge is 0.145 e. The third-order valence-electron chi connectivity index (χ3n) is 2.70. The first kappa shape index (κ1) is 15.2. The number of rotatable bonds is 4. The van der Waals surface area contributed by atoms with Gasteiger partial charge in [-0.3, -0.25) is 0 Å². The molecular formula is C14H11BrClF2NO. The zero-order chi connectivity index (χ0) is 14.7. The minimum absolute atomic E-state index is 0.0106. The van der Waals surface area contributed by atoms with Crippen molar-refractivity contribution in [2.24, 2.45) is 5.73 Å². The van der Waals surface area contributed by atoms with Crippen LogP contribution >= 0.6 is 27.5 Å². The van der Waals surface area contributed by atoms with Crippen LogP contribution in [0.5, 0.6) is 5.75 Å². The van der Waals surface area contributed by atoms with Gasteiger partial charge in [0.2, 0.25) is 0 Å². The second-order valence-corrected chi connectivity index (χ2v) is 5.38. The van der Waals surface area contributed by atoms with Crippen molar-refractivity contribution < 1.29 is 13.5 Å². The van der Waals surface area contributed by atoms with E-state index in [1.807, 2.05) is 0 Å². The third kappa shape index (κ3) is 3.48. The molecule has 0 spiro atoms. The van der Waals surface area contributed by atoms with E-state index in [1.54, 1.807) is 12.1 Å². The molecule has 0 atom stereocenters. The van der Waals surface area contributed by atoms with Crippen LogP contribution in [0, 0.1) is 11.6 Å². The fraction of sp³-hybridized carbons (Fsp3) is 0.143. The molecular weight excluding hydrogens is 352 g/mol. The Labute approximate surface area is 128 Å². The molecule has 2 aromatic rings. The van der Waals surface area contributed by atoms with Crippen LogP contribution in [0.1, 0.15) is 11.1 Å². The highest BCUT2D eigenvalue weighted by atomic mass is 79.9. The second kappa shape index (κ2) is 6.52. The molecule has 2 rings (SSSR count). The Hall–Kier alpha value is -1.17. The maximum absolute atomic E-state index is 13.4. The van der Waals surface area contributed by atoms with Crippen molar-refractivity contribution in [3.05, 3.63) is 62.6 Å². The Bertz CT molecular complexity index is 637. The van der Waals surface area contributed by atoms with Crippen molar-refractivity contribution in [3.63, 3.8) is 0 Å². The predicted octanol–water partition coefficient (Wildman–Crippen LogP) is 4.42. The SMILES string of the molecule is NCc1cc(COc2cc(F)c(Cl)cc2Br)ccc1F. The summed E-state index contributed by atoms with van der Waals surface area (Å²) in [6, 6.07) is 7.16. The molecule has 0 aliphatic rings. The Morgan fingerprint density at radius 3 is 2.60 bits per heavy atom. The van der Waals surface area contributed by atoms with Crippen LogP contribution < -0.4 is 10.5 Å². The van der Waals surface area contributed by atoms with E-state index in [0.717, 1.165) is 5.56 Å². The Kier molecular flexibility index (Phi) is 4.96. The maximum Gasteiger partial charge on any atom is 0.145 e. The molecule has 0 aromatic heterocycles. The Morgan fingerprint density at radius 1 is 1.15 bits per heavy atom. The summed E-state index contributed by atoms with van der Waals surface area (Å²) in [5.74, 6) is -0.591. The lowest BCUT2D eigenvalue weighted by Gasteiger charge is -2.10. The van der Waals surface area contributed by atoms with Crippen molar-refractivity contribution in [2.45, 2.75) is 13.2 Å². The van der Waals surface area contributed by atoms with E-state index in [2.05, 4.69) is 15.9 Å². The summed E-state index contributed by atoms with van der Waals surface area (Å²) in [5, 5.41) is 0.0106. The van der Waals surface area contributed by atoms with Gasteiger partial charge in [0.15, 0.2) is 0 Å². The normalized spacial score (nSPS) is 10.7. The van der Waals surface area contributed by atoms with E-state index in [-0.39, 0.29) is 24.0 Å². The van der Waals surface area contributed by atoms with E-state index in [4.69, 9.17) is 22.1 Å². The van der Waals surface area contributed by atoms with Gasteiger partial charge in [-0.1, -0.05) is 17.7 Å². The molecule has 2 N–H and O–H groups in total. The summed E-state index contributed by atoms with van der Waals surface area (Å²) >= 11 is 8.88. The molecule has 0 aliphatic carbocycles. The summed E-state index contributed by atoms with van der Waals surface area (Å²) in [4.78, 5) is 0. The van der Waals surface area contributed by atoms with E-state index < -0.39 is 5.82 Å². The summed E-state index contributed by atoms with van der Waals surface area (Å²) < 4.78 is 32.7. The molecule has 0 saturated heterocycles. The van der Waals surface area contributed by atoms with Gasteiger partial charge < -0.3 is 10.5 Å². The lowest BCUT2D eigenvalue weighted by atomic mass is 10.1. The van der Waals surface area contributed by atoms with Crippen molar-refractivity contribution in [1.29, 1.82) is 0 Å². The van der Waals surface area contributed by atoms with Crippen LogP contribution in [0.25, 0.3) is 0 Å². The van der Waals surface area contributed by atoms with Gasteiger partial charge in [0.05, 0.1) is 9.50 Å². The fourth-order valence-electron chi connectivity index (χ4n) is 1.65. The molecule has 0 unspecified atom stereocenters. The Balaban J connectivity index is 2.14. The molecule has 0 amide bonds. The van der Waals surface area contributed by atoms with E-state index in [0.29, 0.717) is 15.8 Å². The van der Waals surface area contributed by atoms with E-state index >= 15 is 0 Å². The second-order valence-electron chi connectivity index (χ2n) is 4.12. The van der Waals surface area contributed by atoms with Gasteiger partial charge >= 0.3 is 0 Å². The summed E-state index contributed by atoms with van der Waals surface area (Å²) in [5.41, 5.74) is 6.59. The summed E-state index contributed by atoms with van der Waals surface area (Å²) in [6.07, 6.45) is 0. The number of benzene rings is 2. The molecule has 20 heavy (non-hydrogen) atoms. The molecule has 0 radical (unpaired) electrons. The first-order chi connectivity index (χ1) is 9.51. The maximum atomic E-state index is 13.4. The van der Waals surface area contributed by atoms with Crippen LogP contribution in [-0.4, -0.2) is 0 Å². The zero-order valence-corrected chi connectivity index (χ0v) is 12.6. The van der Waals surface area contributed by atoms with Crippen molar-refractivity contribution in [1.82, 2.24) is 0 Å². The van der Waals surface area contributed by atoms with Crippen molar-refractivity contribution in [2.75, 3.05) is 0 Å². The van der Waals surface area contributed by atoms with Crippen LogP contribution in [0.2, 0.25) is 5.02 Å². The van der Waals surface area contributed by atoms with Gasteiger partial charge in [-0.15, -0.1) is 0 Å². The average molecular weight is 363 g/mol. The molecule has 0 heterocycles. The monoisotopic (exact) mass is 361 g/mol. The van der Waals surface area contributed by atoms with Crippen molar-refractivity contribution >= 4 is 27.5 Å². The first-order valence-electron chi connectivity index (χ1n) is 5.76. The number of nitrogens with two attached hydrogens (primary N) is 1. The van der Waals surface area contributed by atoms with Gasteiger partial charge in [-0.05, 0) is 39.7 Å². The molecule has 0 saturated carbocycles. The van der Waals surface area contributed by atoms with Crippen LogP contribution in [0.3, 0.4) is 0 Å². The zero-order valence-electron chi connectivity index (χ0n) is 10.3. The molecule has 2 aromatic carbocycles. The lowest BCUT2D eigenvalue weighted by Crippen LogP contribution is -2.03. The highest BCUT2D eigenvalue weighted by molar-refractivity contribution is 9.10. The average Bonchev–Trinajstić information content (AvgIpc) is 2.43. The van der Waals surface area contributed by atoms with Gasteiger partial charge in [0.1, 0.15) is 24.0 Å².